The maximum Gasteiger partial charge on any atom is 0.335 e. The number of fused-ring (bicyclic) bond motifs is 1. The van der Waals surface area contributed by atoms with Gasteiger partial charge in [-0.05, 0) is 29.3 Å². The maximum atomic E-state index is 11.2. The Labute approximate surface area is 154 Å². The van der Waals surface area contributed by atoms with Gasteiger partial charge in [-0.25, -0.2) is 4.79 Å². The first-order valence-corrected chi connectivity index (χ1v) is 8.23. The van der Waals surface area contributed by atoms with E-state index in [1.807, 2.05) is 30.3 Å². The molecule has 0 fully saturated rings. The first-order chi connectivity index (χ1) is 12.8. The molecule has 0 aromatic heterocycles. The summed E-state index contributed by atoms with van der Waals surface area (Å²) in [5, 5.41) is 41.7. The van der Waals surface area contributed by atoms with Crippen LogP contribution in [-0.2, 0) is 11.6 Å². The molecule has 3 aromatic rings. The molecular formula is C21H16O6. The Bertz CT molecular complexity index is 1030. The number of rotatable bonds is 4. The van der Waals surface area contributed by atoms with Crippen LogP contribution in [0.25, 0.3) is 11.1 Å². The summed E-state index contributed by atoms with van der Waals surface area (Å²) in [4.78, 5) is 11.2. The molecule has 1 unspecified atom stereocenters. The van der Waals surface area contributed by atoms with Gasteiger partial charge in [-0.3, -0.25) is 0 Å². The summed E-state index contributed by atoms with van der Waals surface area (Å²) in [7, 11) is 0. The van der Waals surface area contributed by atoms with Crippen LogP contribution < -0.4 is 4.74 Å². The number of aliphatic hydroxyl groups is 3. The van der Waals surface area contributed by atoms with Crippen LogP contribution in [0.2, 0.25) is 0 Å². The number of carboxylic acids is 1. The second-order valence-electron chi connectivity index (χ2n) is 6.35. The number of aromatic carboxylic acids is 1. The summed E-state index contributed by atoms with van der Waals surface area (Å²) in [5.41, 5.74) is 1.25. The lowest BCUT2D eigenvalue weighted by molar-refractivity contribution is -0.380. The van der Waals surface area contributed by atoms with E-state index in [9.17, 15) is 20.1 Å². The molecule has 6 nitrogen and oxygen atoms in total. The smallest absolute Gasteiger partial charge is 0.335 e. The molecule has 3 aromatic carbocycles. The van der Waals surface area contributed by atoms with E-state index in [4.69, 9.17) is 9.84 Å². The predicted octanol–water partition coefficient (Wildman–Crippen LogP) is 2.43. The highest BCUT2D eigenvalue weighted by Gasteiger charge is 2.62. The van der Waals surface area contributed by atoms with Crippen molar-refractivity contribution in [2.24, 2.45) is 0 Å². The topological polar surface area (TPSA) is 107 Å². The van der Waals surface area contributed by atoms with Gasteiger partial charge in [0.05, 0.1) is 11.1 Å². The first-order valence-electron chi connectivity index (χ1n) is 8.23. The SMILES string of the molecule is O=C(O)c1cccc(C(O)(O)C2(O)Oc3cccc(-c4ccccc4)c32)c1. The lowest BCUT2D eigenvalue weighted by Gasteiger charge is -2.47. The standard InChI is InChI=1S/C21H16O6/c22-19(23)14-8-4-9-15(12-14)20(24,25)21(26)18-16(10-5-11-17(18)27-21)13-6-2-1-3-7-13/h1-12,24-26H,(H,22,23). The number of carboxylic acid groups (broad SMARTS) is 1. The third-order valence-electron chi connectivity index (χ3n) is 4.69. The highest BCUT2D eigenvalue weighted by Crippen LogP contribution is 2.54. The minimum atomic E-state index is -2.86. The number of carbonyl (C=O) groups is 1. The van der Waals surface area contributed by atoms with Crippen molar-refractivity contribution in [1.29, 1.82) is 0 Å². The molecule has 4 rings (SSSR count). The van der Waals surface area contributed by atoms with Gasteiger partial charge in [0, 0.05) is 5.56 Å². The Morgan fingerprint density at radius 1 is 0.926 bits per heavy atom. The molecular weight excluding hydrogens is 348 g/mol. The minimum Gasteiger partial charge on any atom is -0.478 e. The van der Waals surface area contributed by atoms with Crippen LogP contribution >= 0.6 is 0 Å². The van der Waals surface area contributed by atoms with E-state index in [1.165, 1.54) is 18.2 Å². The number of ether oxygens (including phenoxy) is 1. The van der Waals surface area contributed by atoms with Gasteiger partial charge in [0.2, 0.25) is 0 Å². The average molecular weight is 364 g/mol. The maximum absolute atomic E-state index is 11.2. The van der Waals surface area contributed by atoms with E-state index in [0.29, 0.717) is 11.3 Å². The van der Waals surface area contributed by atoms with Crippen LogP contribution in [0.1, 0.15) is 21.5 Å². The van der Waals surface area contributed by atoms with E-state index < -0.39 is 17.5 Å². The Morgan fingerprint density at radius 3 is 2.33 bits per heavy atom. The zero-order valence-corrected chi connectivity index (χ0v) is 14.0. The second kappa shape index (κ2) is 5.92. The van der Waals surface area contributed by atoms with Crippen LogP contribution in [-0.4, -0.2) is 26.4 Å². The minimum absolute atomic E-state index is 0.139. The number of benzene rings is 3. The Kier molecular flexibility index (Phi) is 3.78. The van der Waals surface area contributed by atoms with Gasteiger partial charge < -0.3 is 25.2 Å². The summed E-state index contributed by atoms with van der Waals surface area (Å²) < 4.78 is 5.36. The molecule has 4 N–H and O–H groups in total. The van der Waals surface area contributed by atoms with Crippen LogP contribution in [0.5, 0.6) is 5.75 Å². The quantitative estimate of drug-likeness (QED) is 0.530. The summed E-state index contributed by atoms with van der Waals surface area (Å²) in [6.07, 6.45) is 0. The molecule has 1 heterocycles. The summed E-state index contributed by atoms with van der Waals surface area (Å²) in [6, 6.07) is 19.3. The molecule has 0 bridgehead atoms. The van der Waals surface area contributed by atoms with Gasteiger partial charge in [-0.15, -0.1) is 0 Å². The fourth-order valence-corrected chi connectivity index (χ4v) is 3.30. The molecule has 0 amide bonds. The predicted molar refractivity (Wildman–Crippen MR) is 95.9 cm³/mol. The summed E-state index contributed by atoms with van der Waals surface area (Å²) in [5.74, 6) is -6.22. The zero-order chi connectivity index (χ0) is 19.2. The summed E-state index contributed by atoms with van der Waals surface area (Å²) >= 11 is 0. The van der Waals surface area contributed by atoms with Crippen molar-refractivity contribution in [2.45, 2.75) is 11.6 Å². The molecule has 0 radical (unpaired) electrons. The molecule has 0 saturated heterocycles. The lowest BCUT2D eigenvalue weighted by Crippen LogP contribution is -2.58. The van der Waals surface area contributed by atoms with E-state index in [1.54, 1.807) is 18.2 Å². The van der Waals surface area contributed by atoms with Crippen molar-refractivity contribution < 1.29 is 30.0 Å². The van der Waals surface area contributed by atoms with E-state index in [2.05, 4.69) is 0 Å². The third kappa shape index (κ3) is 2.50. The lowest BCUT2D eigenvalue weighted by atomic mass is 9.82. The molecule has 1 atom stereocenters. The van der Waals surface area contributed by atoms with Crippen LogP contribution in [0.4, 0.5) is 0 Å². The largest absolute Gasteiger partial charge is 0.478 e. The van der Waals surface area contributed by atoms with Gasteiger partial charge in [0.25, 0.3) is 11.6 Å². The molecule has 0 spiro atoms. The highest BCUT2D eigenvalue weighted by atomic mass is 16.7. The van der Waals surface area contributed by atoms with Gasteiger partial charge in [-0.2, -0.15) is 0 Å². The number of hydrogen-bond acceptors (Lipinski definition) is 5. The van der Waals surface area contributed by atoms with Gasteiger partial charge in [0.1, 0.15) is 5.75 Å². The highest BCUT2D eigenvalue weighted by molar-refractivity contribution is 5.87. The zero-order valence-electron chi connectivity index (χ0n) is 14.0. The summed E-state index contributed by atoms with van der Waals surface area (Å²) in [6.45, 7) is 0. The molecule has 1 aliphatic rings. The normalized spacial score (nSPS) is 18.2. The Morgan fingerprint density at radius 2 is 1.63 bits per heavy atom. The molecule has 1 aliphatic heterocycles. The fourth-order valence-electron chi connectivity index (χ4n) is 3.30. The fraction of sp³-hybridized carbons (Fsp3) is 0.0952. The number of hydrogen-bond donors (Lipinski definition) is 4. The van der Waals surface area contributed by atoms with Gasteiger partial charge in [0.15, 0.2) is 0 Å². The van der Waals surface area contributed by atoms with Crippen LogP contribution in [0, 0.1) is 0 Å². The molecule has 136 valence electrons. The molecule has 27 heavy (non-hydrogen) atoms. The monoisotopic (exact) mass is 364 g/mol. The van der Waals surface area contributed by atoms with Gasteiger partial charge in [-0.1, -0.05) is 54.6 Å². The van der Waals surface area contributed by atoms with Crippen molar-refractivity contribution in [1.82, 2.24) is 0 Å². The second-order valence-corrected chi connectivity index (χ2v) is 6.35. The third-order valence-corrected chi connectivity index (χ3v) is 4.69. The van der Waals surface area contributed by atoms with Crippen molar-refractivity contribution in [3.8, 4) is 16.9 Å². The van der Waals surface area contributed by atoms with E-state index >= 15 is 0 Å². The Balaban J connectivity index is 1.85. The van der Waals surface area contributed by atoms with Crippen LogP contribution in [0.15, 0.2) is 72.8 Å². The molecule has 6 heteroatoms. The van der Waals surface area contributed by atoms with Gasteiger partial charge >= 0.3 is 5.97 Å². The van der Waals surface area contributed by atoms with E-state index in [-0.39, 0.29) is 16.7 Å². The van der Waals surface area contributed by atoms with Crippen molar-refractivity contribution >= 4 is 5.97 Å². The van der Waals surface area contributed by atoms with Crippen LogP contribution in [0.3, 0.4) is 0 Å². The average Bonchev–Trinajstić information content (AvgIpc) is 2.67. The molecule has 0 aliphatic carbocycles. The molecule has 0 saturated carbocycles. The van der Waals surface area contributed by atoms with Crippen molar-refractivity contribution in [3.63, 3.8) is 0 Å². The first kappa shape index (κ1) is 17.2. The Hall–Kier alpha value is -3.19. The van der Waals surface area contributed by atoms with Crippen molar-refractivity contribution in [2.75, 3.05) is 0 Å². The van der Waals surface area contributed by atoms with E-state index in [0.717, 1.165) is 11.6 Å². The van der Waals surface area contributed by atoms with Crippen molar-refractivity contribution in [3.05, 3.63) is 89.5 Å².